The molecule has 6 nitrogen and oxygen atoms in total. The quantitative estimate of drug-likeness (QED) is 0.497. The summed E-state index contributed by atoms with van der Waals surface area (Å²) in [5.41, 5.74) is 13.1. The summed E-state index contributed by atoms with van der Waals surface area (Å²) in [5, 5.41) is 0. The highest BCUT2D eigenvalue weighted by Gasteiger charge is 2.52. The molecule has 24 heavy (non-hydrogen) atoms. The molecule has 1 heterocycles. The first kappa shape index (κ1) is 18.5. The van der Waals surface area contributed by atoms with Gasteiger partial charge in [0, 0.05) is 12.2 Å². The fourth-order valence-electron chi connectivity index (χ4n) is 2.38. The van der Waals surface area contributed by atoms with E-state index in [1.165, 1.54) is 7.11 Å². The van der Waals surface area contributed by atoms with Crippen molar-refractivity contribution in [2.45, 2.75) is 38.9 Å². The van der Waals surface area contributed by atoms with Gasteiger partial charge in [0.25, 0.3) is 0 Å². The minimum absolute atomic E-state index is 0.273. The number of hydrogen-bond acceptors (Lipinski definition) is 6. The lowest BCUT2D eigenvalue weighted by molar-refractivity contribution is 0.00578. The van der Waals surface area contributed by atoms with Gasteiger partial charge in [0.05, 0.1) is 23.9 Å². The Morgan fingerprint density at radius 2 is 1.83 bits per heavy atom. The molecule has 0 aromatic heterocycles. The molecule has 0 unspecified atom stereocenters. The van der Waals surface area contributed by atoms with Crippen molar-refractivity contribution in [1.82, 2.24) is 0 Å². The second-order valence-electron chi connectivity index (χ2n) is 6.85. The maximum Gasteiger partial charge on any atom is 0.491 e. The molecule has 1 aromatic carbocycles. The summed E-state index contributed by atoms with van der Waals surface area (Å²) in [6.45, 7) is 8.22. The van der Waals surface area contributed by atoms with E-state index in [2.05, 4.69) is 0 Å². The molecule has 1 fully saturated rings. The average Bonchev–Trinajstić information content (AvgIpc) is 2.73. The monoisotopic (exact) mass is 332 g/mol. The molecule has 0 bridgehead atoms. The first-order valence-electron chi connectivity index (χ1n) is 7.85. The van der Waals surface area contributed by atoms with Crippen LogP contribution in [0.2, 0.25) is 0 Å². The van der Waals surface area contributed by atoms with Crippen molar-refractivity contribution in [2.75, 3.05) is 19.4 Å². The third kappa shape index (κ3) is 3.48. The number of hydrogen-bond donors (Lipinski definition) is 2. The predicted octanol–water partition coefficient (Wildman–Crippen LogP) is 2.03. The van der Waals surface area contributed by atoms with Crippen LogP contribution in [0.5, 0.6) is 0 Å². The van der Waals surface area contributed by atoms with Gasteiger partial charge >= 0.3 is 13.1 Å². The van der Waals surface area contributed by atoms with Gasteiger partial charge in [-0.15, -0.1) is 0 Å². The number of benzene rings is 1. The predicted molar refractivity (Wildman–Crippen MR) is 95.3 cm³/mol. The lowest BCUT2D eigenvalue weighted by Crippen LogP contribution is -2.41. The third-order valence-corrected chi connectivity index (χ3v) is 4.63. The molecule has 0 radical (unpaired) electrons. The molecule has 2 rings (SSSR count). The Morgan fingerprint density at radius 1 is 1.25 bits per heavy atom. The van der Waals surface area contributed by atoms with E-state index in [9.17, 15) is 4.79 Å². The largest absolute Gasteiger partial charge is 0.491 e. The first-order valence-corrected chi connectivity index (χ1v) is 7.85. The number of anilines is 1. The van der Waals surface area contributed by atoms with Crippen LogP contribution in [0.25, 0.3) is 6.08 Å². The second kappa shape index (κ2) is 6.59. The Kier molecular flexibility index (Phi) is 5.08. The summed E-state index contributed by atoms with van der Waals surface area (Å²) in [7, 11) is 0.791. The molecule has 0 spiro atoms. The van der Waals surface area contributed by atoms with Crippen LogP contribution >= 0.6 is 0 Å². The number of carbonyl (C=O) groups is 1. The van der Waals surface area contributed by atoms with E-state index >= 15 is 0 Å². The van der Waals surface area contributed by atoms with Gasteiger partial charge in [-0.05, 0) is 50.9 Å². The molecular formula is C17H25BN2O4. The van der Waals surface area contributed by atoms with Crippen molar-refractivity contribution < 1.29 is 18.8 Å². The number of nitrogens with two attached hydrogens (primary N) is 2. The van der Waals surface area contributed by atoms with E-state index in [0.717, 1.165) is 11.0 Å². The second-order valence-corrected chi connectivity index (χ2v) is 6.85. The van der Waals surface area contributed by atoms with Crippen LogP contribution in [-0.4, -0.2) is 37.9 Å². The van der Waals surface area contributed by atoms with Gasteiger partial charge < -0.3 is 25.5 Å². The van der Waals surface area contributed by atoms with E-state index in [4.69, 9.17) is 25.5 Å². The van der Waals surface area contributed by atoms with Gasteiger partial charge in [-0.25, -0.2) is 4.79 Å². The molecule has 1 aliphatic rings. The Labute approximate surface area is 143 Å². The van der Waals surface area contributed by atoms with E-state index in [1.54, 1.807) is 12.1 Å². The maximum absolute atomic E-state index is 11.8. The van der Waals surface area contributed by atoms with Gasteiger partial charge in [0.2, 0.25) is 0 Å². The molecule has 1 saturated heterocycles. The first-order chi connectivity index (χ1) is 11.1. The molecule has 130 valence electrons. The molecule has 0 atom stereocenters. The highest BCUT2D eigenvalue weighted by atomic mass is 16.7. The molecule has 0 amide bonds. The van der Waals surface area contributed by atoms with Crippen molar-refractivity contribution in [3.8, 4) is 0 Å². The zero-order chi connectivity index (χ0) is 18.1. The Hall–Kier alpha value is -1.83. The van der Waals surface area contributed by atoms with Crippen LogP contribution < -0.4 is 11.5 Å². The van der Waals surface area contributed by atoms with Crippen LogP contribution in [0.15, 0.2) is 23.7 Å². The van der Waals surface area contributed by atoms with Crippen molar-refractivity contribution in [3.05, 3.63) is 34.8 Å². The van der Waals surface area contributed by atoms with E-state index in [-0.39, 0.29) is 6.54 Å². The van der Waals surface area contributed by atoms with E-state index in [1.807, 2.05) is 39.8 Å². The summed E-state index contributed by atoms with van der Waals surface area (Å²) < 4.78 is 16.8. The summed E-state index contributed by atoms with van der Waals surface area (Å²) in [5.74, 6) is -0.479. The summed E-state index contributed by atoms with van der Waals surface area (Å²) in [6, 6.07) is 5.14. The lowest BCUT2D eigenvalue weighted by atomic mass is 9.77. The van der Waals surface area contributed by atoms with Crippen molar-refractivity contribution >= 4 is 24.9 Å². The molecule has 7 heteroatoms. The number of nitrogen functional groups attached to an aromatic ring is 1. The van der Waals surface area contributed by atoms with Crippen LogP contribution in [0.4, 0.5) is 5.69 Å². The standard InChI is InChI=1S/C17H25BN2O4/c1-16(2)17(3,4)24-18(23-16)12(10-19)8-11-6-7-14(20)13(9-11)15(21)22-5/h6-9H,10,19-20H2,1-5H3. The Bertz CT molecular complexity index is 655. The number of methoxy groups -OCH3 is 1. The van der Waals surface area contributed by atoms with Crippen LogP contribution in [0, 0.1) is 0 Å². The molecular weight excluding hydrogens is 307 g/mol. The molecule has 1 aromatic rings. The molecule has 1 aliphatic heterocycles. The summed E-state index contributed by atoms with van der Waals surface area (Å²) in [6.07, 6.45) is 1.86. The Morgan fingerprint density at radius 3 is 2.33 bits per heavy atom. The van der Waals surface area contributed by atoms with Crippen LogP contribution in [0.3, 0.4) is 0 Å². The van der Waals surface area contributed by atoms with Crippen molar-refractivity contribution in [2.24, 2.45) is 5.73 Å². The topological polar surface area (TPSA) is 96.8 Å². The highest BCUT2D eigenvalue weighted by molar-refractivity contribution is 6.55. The van der Waals surface area contributed by atoms with E-state index < -0.39 is 24.3 Å². The maximum atomic E-state index is 11.8. The zero-order valence-electron chi connectivity index (χ0n) is 14.9. The summed E-state index contributed by atoms with van der Waals surface area (Å²) in [4.78, 5) is 11.8. The smallest absolute Gasteiger partial charge is 0.465 e. The number of esters is 1. The molecule has 0 saturated carbocycles. The minimum Gasteiger partial charge on any atom is -0.465 e. The molecule has 0 aliphatic carbocycles. The molecule has 4 N–H and O–H groups in total. The lowest BCUT2D eigenvalue weighted by Gasteiger charge is -2.32. The average molecular weight is 332 g/mol. The van der Waals surface area contributed by atoms with Crippen molar-refractivity contribution in [1.29, 1.82) is 0 Å². The van der Waals surface area contributed by atoms with Gasteiger partial charge in [0.1, 0.15) is 0 Å². The minimum atomic E-state index is -0.529. The van der Waals surface area contributed by atoms with Crippen LogP contribution in [0.1, 0.15) is 43.6 Å². The van der Waals surface area contributed by atoms with E-state index in [0.29, 0.717) is 11.3 Å². The SMILES string of the molecule is COC(=O)c1cc(C=C(CN)B2OC(C)(C)C(C)(C)O2)ccc1N. The number of rotatable bonds is 4. The summed E-state index contributed by atoms with van der Waals surface area (Å²) >= 11 is 0. The fraction of sp³-hybridized carbons (Fsp3) is 0.471. The zero-order valence-corrected chi connectivity index (χ0v) is 14.9. The normalized spacial score (nSPS) is 19.4. The third-order valence-electron chi connectivity index (χ3n) is 4.63. The number of ether oxygens (including phenoxy) is 1. The number of carbonyl (C=O) groups excluding carboxylic acids is 1. The van der Waals surface area contributed by atoms with Crippen molar-refractivity contribution in [3.63, 3.8) is 0 Å². The van der Waals surface area contributed by atoms with Gasteiger partial charge in [-0.1, -0.05) is 12.1 Å². The van der Waals surface area contributed by atoms with Crippen LogP contribution in [-0.2, 0) is 14.0 Å². The van der Waals surface area contributed by atoms with Gasteiger partial charge in [-0.2, -0.15) is 0 Å². The van der Waals surface area contributed by atoms with Gasteiger partial charge in [0.15, 0.2) is 0 Å². The van der Waals surface area contributed by atoms with Gasteiger partial charge in [-0.3, -0.25) is 0 Å². The highest BCUT2D eigenvalue weighted by Crippen LogP contribution is 2.38. The Balaban J connectivity index is 2.34. The fourth-order valence-corrected chi connectivity index (χ4v) is 2.38.